The molecule has 0 aliphatic rings. The third-order valence-electron chi connectivity index (χ3n) is 4.92. The number of rotatable bonds is 20. The van der Waals surface area contributed by atoms with Gasteiger partial charge in [0.05, 0.1) is 0 Å². The molecule has 0 bridgehead atoms. The summed E-state index contributed by atoms with van der Waals surface area (Å²) in [6.45, 7) is 3.64. The Hall–Kier alpha value is 0.390. The van der Waals surface area contributed by atoms with E-state index in [9.17, 15) is 4.79 Å². The van der Waals surface area contributed by atoms with Gasteiger partial charge in [0.25, 0.3) is 0 Å². The number of carbonyl (C=O) groups is 1. The molecule has 0 heterocycles. The van der Waals surface area contributed by atoms with Gasteiger partial charge in [-0.15, -0.1) is 0 Å². The fourth-order valence-corrected chi connectivity index (χ4v) is 3.23. The molecule has 0 spiro atoms. The summed E-state index contributed by atoms with van der Waals surface area (Å²) in [5.74, 6) is -0.751. The zero-order valence-electron chi connectivity index (χ0n) is 16.7. The normalized spacial score (nSPS) is 11.9. The van der Waals surface area contributed by atoms with Crippen LogP contribution in [0.2, 0.25) is 0 Å². The number of nitrogens with two attached hydrogens (primary N) is 1. The average molecular weight is 381 g/mol. The van der Waals surface area contributed by atoms with Gasteiger partial charge >= 0.3 is 35.5 Å². The van der Waals surface area contributed by atoms with Crippen LogP contribution in [0.4, 0.5) is 0 Å². The van der Waals surface area contributed by atoms with Crippen LogP contribution < -0.4 is 11.1 Å². The molecule has 0 amide bonds. The van der Waals surface area contributed by atoms with Gasteiger partial charge in [-0.05, 0) is 32.4 Å². The van der Waals surface area contributed by atoms with E-state index in [1.54, 1.807) is 0 Å². The van der Waals surface area contributed by atoms with Crippen LogP contribution in [0.5, 0.6) is 0 Å². The third kappa shape index (κ3) is 20.7. The molecular weight excluding hydrogens is 335 g/mol. The first-order valence-corrected chi connectivity index (χ1v) is 10.9. The van der Waals surface area contributed by atoms with Gasteiger partial charge in [0, 0.05) is 0 Å². The Morgan fingerprint density at radius 1 is 0.808 bits per heavy atom. The monoisotopic (exact) mass is 380 g/mol. The second kappa shape index (κ2) is 23.4. The summed E-state index contributed by atoms with van der Waals surface area (Å²) in [5, 5.41) is 12.3. The molecule has 5 heteroatoms. The fourth-order valence-electron chi connectivity index (χ4n) is 3.23. The summed E-state index contributed by atoms with van der Waals surface area (Å²) in [6, 6.07) is -0.425. The first-order valence-electron chi connectivity index (χ1n) is 10.9. The van der Waals surface area contributed by atoms with E-state index in [1.807, 2.05) is 0 Å². The van der Waals surface area contributed by atoms with Crippen molar-refractivity contribution in [2.45, 2.75) is 116 Å². The third-order valence-corrected chi connectivity index (χ3v) is 4.92. The predicted molar refractivity (Wildman–Crippen MR) is 115 cm³/mol. The molecule has 4 nitrogen and oxygen atoms in total. The van der Waals surface area contributed by atoms with Gasteiger partial charge in [0.15, 0.2) is 0 Å². The molecule has 0 saturated carbocycles. The number of hydrogen-bond acceptors (Lipinski definition) is 3. The summed E-state index contributed by atoms with van der Waals surface area (Å²) in [7, 11) is 0. The van der Waals surface area contributed by atoms with Crippen molar-refractivity contribution in [3.05, 3.63) is 0 Å². The van der Waals surface area contributed by atoms with Crippen LogP contribution in [0, 0.1) is 0 Å². The van der Waals surface area contributed by atoms with E-state index in [-0.39, 0.29) is 29.6 Å². The van der Waals surface area contributed by atoms with Crippen LogP contribution in [0.25, 0.3) is 0 Å². The van der Waals surface area contributed by atoms with Gasteiger partial charge in [-0.1, -0.05) is 90.4 Å². The number of nitrogens with one attached hydrogen (secondary N) is 1. The van der Waals surface area contributed by atoms with Crippen molar-refractivity contribution in [2.24, 2.45) is 5.73 Å². The molecule has 0 aliphatic carbocycles. The number of unbranched alkanes of at least 4 members (excludes halogenated alkanes) is 13. The van der Waals surface area contributed by atoms with Crippen molar-refractivity contribution >= 4 is 35.5 Å². The molecule has 0 saturated heterocycles. The number of carboxylic acids is 1. The standard InChI is InChI=1S/C21H44N2O2.Na.H/c1-2-3-4-5-6-7-8-9-10-11-12-13-14-15-19-23-20(21(24)25)17-16-18-22;;/h20,23H,2-19,22H2,1H3,(H,24,25);;. The summed E-state index contributed by atoms with van der Waals surface area (Å²) < 4.78 is 0. The Labute approximate surface area is 184 Å². The topological polar surface area (TPSA) is 75.3 Å². The van der Waals surface area contributed by atoms with E-state index in [0.29, 0.717) is 13.0 Å². The van der Waals surface area contributed by atoms with Gasteiger partial charge < -0.3 is 16.2 Å². The minimum atomic E-state index is -0.751. The molecule has 1 unspecified atom stereocenters. The SMILES string of the molecule is CCCCCCCCCCCCCCCCNC(CCCN)C(=O)O.[NaH]. The van der Waals surface area contributed by atoms with Gasteiger partial charge in [-0.3, -0.25) is 4.79 Å². The second-order valence-electron chi connectivity index (χ2n) is 7.37. The molecular formula is C21H45N2NaO2. The number of carboxylic acid groups (broad SMARTS) is 1. The molecule has 0 aliphatic heterocycles. The fraction of sp³-hybridized carbons (Fsp3) is 0.952. The molecule has 0 radical (unpaired) electrons. The van der Waals surface area contributed by atoms with Crippen LogP contribution in [0.3, 0.4) is 0 Å². The van der Waals surface area contributed by atoms with E-state index in [1.165, 1.54) is 83.5 Å². The molecule has 0 aromatic carbocycles. The molecule has 152 valence electrons. The Bertz CT molecular complexity index is 291. The van der Waals surface area contributed by atoms with Crippen LogP contribution >= 0.6 is 0 Å². The zero-order chi connectivity index (χ0) is 18.6. The maximum absolute atomic E-state index is 11.1. The first-order chi connectivity index (χ1) is 12.2. The maximum atomic E-state index is 11.1. The molecule has 1 atom stereocenters. The minimum absolute atomic E-state index is 0. The van der Waals surface area contributed by atoms with E-state index in [4.69, 9.17) is 10.8 Å². The molecule has 0 aromatic heterocycles. The number of hydrogen-bond donors (Lipinski definition) is 3. The average Bonchev–Trinajstić information content (AvgIpc) is 2.60. The van der Waals surface area contributed by atoms with Crippen LogP contribution in [0.1, 0.15) is 110 Å². The molecule has 4 N–H and O–H groups in total. The van der Waals surface area contributed by atoms with E-state index in [2.05, 4.69) is 12.2 Å². The molecule has 0 rings (SSSR count). The van der Waals surface area contributed by atoms with Gasteiger partial charge in [0.2, 0.25) is 0 Å². The van der Waals surface area contributed by atoms with Crippen molar-refractivity contribution in [2.75, 3.05) is 13.1 Å². The van der Waals surface area contributed by atoms with Crippen molar-refractivity contribution in [1.29, 1.82) is 0 Å². The van der Waals surface area contributed by atoms with Crippen molar-refractivity contribution < 1.29 is 9.90 Å². The summed E-state index contributed by atoms with van der Waals surface area (Å²) in [6.07, 6.45) is 20.3. The molecule has 26 heavy (non-hydrogen) atoms. The van der Waals surface area contributed by atoms with Crippen molar-refractivity contribution in [3.63, 3.8) is 0 Å². The zero-order valence-corrected chi connectivity index (χ0v) is 16.7. The second-order valence-corrected chi connectivity index (χ2v) is 7.37. The van der Waals surface area contributed by atoms with Crippen molar-refractivity contribution in [1.82, 2.24) is 5.32 Å². The number of aliphatic carboxylic acids is 1. The predicted octanol–water partition coefficient (Wildman–Crippen LogP) is 4.60. The Kier molecular flexibility index (Phi) is 25.8. The Balaban J connectivity index is 0. The van der Waals surface area contributed by atoms with E-state index >= 15 is 0 Å². The van der Waals surface area contributed by atoms with Crippen LogP contribution in [0.15, 0.2) is 0 Å². The molecule has 0 aromatic rings. The Morgan fingerprint density at radius 3 is 1.62 bits per heavy atom. The summed E-state index contributed by atoms with van der Waals surface area (Å²) >= 11 is 0. The van der Waals surface area contributed by atoms with Gasteiger partial charge in [-0.2, -0.15) is 0 Å². The Morgan fingerprint density at radius 2 is 1.23 bits per heavy atom. The quantitative estimate of drug-likeness (QED) is 0.213. The van der Waals surface area contributed by atoms with Crippen LogP contribution in [-0.2, 0) is 4.79 Å². The van der Waals surface area contributed by atoms with E-state index in [0.717, 1.165) is 19.4 Å². The van der Waals surface area contributed by atoms with E-state index < -0.39 is 12.0 Å². The van der Waals surface area contributed by atoms with Gasteiger partial charge in [0.1, 0.15) is 6.04 Å². The summed E-state index contributed by atoms with van der Waals surface area (Å²) in [4.78, 5) is 11.1. The molecule has 0 fully saturated rings. The summed E-state index contributed by atoms with van der Waals surface area (Å²) in [5.41, 5.74) is 5.44. The van der Waals surface area contributed by atoms with Crippen LogP contribution in [-0.4, -0.2) is 59.8 Å². The van der Waals surface area contributed by atoms with Gasteiger partial charge in [-0.25, -0.2) is 0 Å². The van der Waals surface area contributed by atoms with Crippen molar-refractivity contribution in [3.8, 4) is 0 Å². The first kappa shape index (κ1) is 28.6.